The molecule has 0 aromatic heterocycles. The van der Waals surface area contributed by atoms with Crippen LogP contribution in [-0.4, -0.2) is 52.2 Å². The van der Waals surface area contributed by atoms with E-state index in [1.807, 2.05) is 13.8 Å². The molecule has 0 radical (unpaired) electrons. The smallest absolute Gasteiger partial charge is 0.550 e. The van der Waals surface area contributed by atoms with Crippen molar-refractivity contribution in [2.75, 3.05) is 6.61 Å². The maximum atomic E-state index is 12.5. The maximum Gasteiger partial charge on any atom is 1.00 e. The van der Waals surface area contributed by atoms with Crippen molar-refractivity contribution in [3.05, 3.63) is 23.8 Å². The Hall–Kier alpha value is -0.700. The van der Waals surface area contributed by atoms with Gasteiger partial charge in [0.2, 0.25) is 0 Å². The third-order valence-corrected chi connectivity index (χ3v) is 6.77. The number of aliphatic hydroxyl groups excluding tert-OH is 3. The van der Waals surface area contributed by atoms with Crippen LogP contribution < -0.4 is 34.7 Å². The third kappa shape index (κ3) is 8.26. The van der Waals surface area contributed by atoms with Crippen molar-refractivity contribution in [2.24, 2.45) is 29.6 Å². The van der Waals surface area contributed by atoms with Gasteiger partial charge >= 0.3 is 35.5 Å². The molecule has 0 amide bonds. The van der Waals surface area contributed by atoms with E-state index >= 15 is 0 Å². The molecule has 0 heterocycles. The number of allylic oxidation sites excluding steroid dienone is 2. The number of carbonyl (C=O) groups is 2. The van der Waals surface area contributed by atoms with Gasteiger partial charge in [0.25, 0.3) is 0 Å². The van der Waals surface area contributed by atoms with Gasteiger partial charge in [-0.05, 0) is 49.5 Å². The summed E-state index contributed by atoms with van der Waals surface area (Å²) in [6.07, 6.45) is 5.74. The quantitative estimate of drug-likeness (QED) is 0.249. The van der Waals surface area contributed by atoms with Crippen LogP contribution in [0.2, 0.25) is 0 Å². The Kier molecular flexibility index (Phi) is 12.7. The molecule has 0 spiro atoms. The molecule has 8 heteroatoms. The molecule has 0 aromatic rings. The molecule has 2 aliphatic rings. The van der Waals surface area contributed by atoms with Crippen LogP contribution in [0, 0.1) is 29.6 Å². The molecule has 0 fully saturated rings. The van der Waals surface area contributed by atoms with E-state index in [0.29, 0.717) is 25.7 Å². The molecular formula is C24H37NaO7. The second-order valence-electron chi connectivity index (χ2n) is 9.23. The molecule has 0 aromatic carbocycles. The molecule has 176 valence electrons. The number of esters is 1. The molecule has 32 heavy (non-hydrogen) atoms. The van der Waals surface area contributed by atoms with Crippen LogP contribution in [0.1, 0.15) is 59.3 Å². The average molecular weight is 461 g/mol. The monoisotopic (exact) mass is 460 g/mol. The van der Waals surface area contributed by atoms with Gasteiger partial charge in [0.15, 0.2) is 0 Å². The number of fused-ring (bicyclic) bond motifs is 1. The summed E-state index contributed by atoms with van der Waals surface area (Å²) in [5.41, 5.74) is 1.06. The van der Waals surface area contributed by atoms with Crippen LogP contribution in [0.15, 0.2) is 23.8 Å². The van der Waals surface area contributed by atoms with Crippen LogP contribution in [-0.2, 0) is 14.3 Å². The molecule has 7 nitrogen and oxygen atoms in total. The van der Waals surface area contributed by atoms with E-state index in [0.717, 1.165) is 5.57 Å². The van der Waals surface area contributed by atoms with Crippen molar-refractivity contribution in [1.82, 2.24) is 0 Å². The van der Waals surface area contributed by atoms with Crippen molar-refractivity contribution in [3.63, 3.8) is 0 Å². The van der Waals surface area contributed by atoms with Crippen molar-refractivity contribution in [1.29, 1.82) is 0 Å². The Morgan fingerprint density at radius 1 is 1.28 bits per heavy atom. The fourth-order valence-corrected chi connectivity index (χ4v) is 4.75. The van der Waals surface area contributed by atoms with Gasteiger partial charge in [-0.1, -0.05) is 39.0 Å². The standard InChI is InChI=1S/C24H38O7.Na/c1-4-14(2)24(30)31-21-10-16(13-25)9-17-6-5-15(3)20(23(17)21)8-7-18(26)11-19(27)12-22(28)29;/h5-6,9,14-16,18-21,23,25-27H,4,7-8,10-13H2,1-3H3,(H,28,29);/q;+1/p-1/t14-,15-,16-,18+,19+,20-,21-,23-;/m0./s1. The topological polar surface area (TPSA) is 127 Å². The number of carboxylic acid groups (broad SMARTS) is 1. The molecule has 0 unspecified atom stereocenters. The number of carboxylic acids is 1. The van der Waals surface area contributed by atoms with E-state index in [4.69, 9.17) is 4.74 Å². The van der Waals surface area contributed by atoms with Crippen LogP contribution in [0.25, 0.3) is 0 Å². The van der Waals surface area contributed by atoms with Gasteiger partial charge in [-0.3, -0.25) is 4.79 Å². The van der Waals surface area contributed by atoms with E-state index in [2.05, 4.69) is 25.2 Å². The molecule has 0 aliphatic heterocycles. The van der Waals surface area contributed by atoms with Gasteiger partial charge in [0.1, 0.15) is 6.10 Å². The minimum atomic E-state index is -1.34. The summed E-state index contributed by atoms with van der Waals surface area (Å²) in [4.78, 5) is 23.1. The van der Waals surface area contributed by atoms with E-state index in [1.54, 1.807) is 0 Å². The zero-order valence-corrected chi connectivity index (χ0v) is 21.8. The first-order valence-electron chi connectivity index (χ1n) is 11.4. The molecule has 8 atom stereocenters. The van der Waals surface area contributed by atoms with Gasteiger partial charge in [-0.2, -0.15) is 0 Å². The summed E-state index contributed by atoms with van der Waals surface area (Å²) in [5.74, 6) is -1.51. The van der Waals surface area contributed by atoms with Crippen molar-refractivity contribution < 1.29 is 64.3 Å². The van der Waals surface area contributed by atoms with Gasteiger partial charge < -0.3 is 30.0 Å². The van der Waals surface area contributed by atoms with E-state index in [-0.39, 0.29) is 84.2 Å². The normalized spacial score (nSPS) is 29.7. The van der Waals surface area contributed by atoms with Crippen LogP contribution in [0.3, 0.4) is 0 Å². The fourth-order valence-electron chi connectivity index (χ4n) is 4.75. The molecule has 3 N–H and O–H groups in total. The predicted octanol–water partition coefficient (Wildman–Crippen LogP) is -1.64. The summed E-state index contributed by atoms with van der Waals surface area (Å²) in [6.45, 7) is 5.89. The van der Waals surface area contributed by atoms with Gasteiger partial charge in [-0.25, -0.2) is 0 Å². The maximum absolute atomic E-state index is 12.5. The zero-order chi connectivity index (χ0) is 23.1. The molecule has 2 aliphatic carbocycles. The van der Waals surface area contributed by atoms with Crippen molar-refractivity contribution >= 4 is 11.9 Å². The van der Waals surface area contributed by atoms with Crippen LogP contribution in [0.4, 0.5) is 0 Å². The summed E-state index contributed by atoms with van der Waals surface area (Å²) in [7, 11) is 0. The Morgan fingerprint density at radius 3 is 2.56 bits per heavy atom. The Labute approximate surface area is 213 Å². The number of aliphatic hydroxyl groups is 3. The second-order valence-corrected chi connectivity index (χ2v) is 9.23. The number of ether oxygens (including phenoxy) is 1. The minimum absolute atomic E-state index is 0. The third-order valence-electron chi connectivity index (χ3n) is 6.77. The number of hydrogen-bond acceptors (Lipinski definition) is 7. The summed E-state index contributed by atoms with van der Waals surface area (Å²) in [6, 6.07) is 0. The average Bonchev–Trinajstić information content (AvgIpc) is 2.71. The van der Waals surface area contributed by atoms with Gasteiger partial charge in [0.05, 0.1) is 18.1 Å². The molecular weight excluding hydrogens is 423 g/mol. The number of hydrogen-bond donors (Lipinski definition) is 3. The van der Waals surface area contributed by atoms with Gasteiger partial charge in [-0.15, -0.1) is 0 Å². The van der Waals surface area contributed by atoms with Gasteiger partial charge in [0, 0.05) is 30.8 Å². The minimum Gasteiger partial charge on any atom is -0.550 e. The van der Waals surface area contributed by atoms with Crippen LogP contribution in [0.5, 0.6) is 0 Å². The van der Waals surface area contributed by atoms with Crippen molar-refractivity contribution in [2.45, 2.75) is 77.6 Å². The Bertz CT molecular complexity index is 677. The van der Waals surface area contributed by atoms with Crippen molar-refractivity contribution in [3.8, 4) is 0 Å². The van der Waals surface area contributed by atoms with E-state index < -0.39 is 24.6 Å². The Morgan fingerprint density at radius 2 is 1.97 bits per heavy atom. The summed E-state index contributed by atoms with van der Waals surface area (Å²) >= 11 is 0. The molecule has 0 saturated carbocycles. The van der Waals surface area contributed by atoms with E-state index in [9.17, 15) is 30.0 Å². The first-order chi connectivity index (χ1) is 14.7. The zero-order valence-electron chi connectivity index (χ0n) is 19.8. The Balaban J connectivity index is 0.00000512. The molecule has 0 bridgehead atoms. The fraction of sp³-hybridized carbons (Fsp3) is 0.750. The predicted molar refractivity (Wildman–Crippen MR) is 113 cm³/mol. The second kappa shape index (κ2) is 13.9. The largest absolute Gasteiger partial charge is 1.00 e. The number of carbonyl (C=O) groups excluding carboxylic acids is 2. The number of rotatable bonds is 11. The number of aliphatic carboxylic acids is 1. The first-order valence-corrected chi connectivity index (χ1v) is 11.4. The SMILES string of the molecule is CC[C@H](C)C(=O)O[C@H]1C[C@@H](CO)C=C2C=C[C@H](C)[C@H](CC[C@@H](O)C[C@@H](O)CC(=O)[O-])[C@H]21.[Na+]. The molecule has 0 saturated heterocycles. The summed E-state index contributed by atoms with van der Waals surface area (Å²) < 4.78 is 5.94. The van der Waals surface area contributed by atoms with E-state index in [1.165, 1.54) is 0 Å². The summed E-state index contributed by atoms with van der Waals surface area (Å²) in [5, 5.41) is 40.4. The van der Waals surface area contributed by atoms with Crippen LogP contribution >= 0.6 is 0 Å². The molecule has 2 rings (SSSR count). The first kappa shape index (κ1) is 29.3.